The van der Waals surface area contributed by atoms with E-state index in [2.05, 4.69) is 27.3 Å². The Morgan fingerprint density at radius 1 is 1.03 bits per heavy atom. The number of ether oxygens (including phenoxy) is 1. The van der Waals surface area contributed by atoms with Gasteiger partial charge in [0.05, 0.1) is 13.3 Å². The first kappa shape index (κ1) is 21.0. The third-order valence-electron chi connectivity index (χ3n) is 5.58. The number of nitrogens with one attached hydrogen (secondary N) is 1. The zero-order valence-corrected chi connectivity index (χ0v) is 17.8. The van der Waals surface area contributed by atoms with E-state index in [-0.39, 0.29) is 12.1 Å². The molecule has 0 aliphatic carbocycles. The van der Waals surface area contributed by atoms with Crippen molar-refractivity contribution in [2.45, 2.75) is 12.6 Å². The van der Waals surface area contributed by atoms with Crippen LogP contribution in [-0.4, -0.2) is 55.2 Å². The number of carbonyl (C=O) groups excluding carboxylic acids is 1. The Balaban J connectivity index is 1.73. The fraction of sp³-hybridized carbons (Fsp3) is 0.280. The second-order valence-corrected chi connectivity index (χ2v) is 7.55. The predicted molar refractivity (Wildman–Crippen MR) is 122 cm³/mol. The van der Waals surface area contributed by atoms with Crippen molar-refractivity contribution in [1.29, 1.82) is 0 Å². The molecule has 1 atom stereocenters. The van der Waals surface area contributed by atoms with Gasteiger partial charge in [0.15, 0.2) is 0 Å². The second-order valence-electron chi connectivity index (χ2n) is 7.55. The molecule has 160 valence electrons. The lowest BCUT2D eigenvalue weighted by Gasteiger charge is -2.41. The first-order valence-electron chi connectivity index (χ1n) is 10.6. The van der Waals surface area contributed by atoms with Crippen LogP contribution < -0.4 is 15.0 Å². The fourth-order valence-electron chi connectivity index (χ4n) is 3.94. The molecule has 1 fully saturated rings. The van der Waals surface area contributed by atoms with Crippen molar-refractivity contribution in [3.63, 3.8) is 0 Å². The lowest BCUT2D eigenvalue weighted by atomic mass is 10.1. The van der Waals surface area contributed by atoms with Gasteiger partial charge in [0.2, 0.25) is 0 Å². The van der Waals surface area contributed by atoms with Crippen molar-refractivity contribution >= 4 is 11.7 Å². The van der Waals surface area contributed by atoms with Gasteiger partial charge in [0.1, 0.15) is 11.6 Å². The molecule has 1 saturated heterocycles. The van der Waals surface area contributed by atoms with Crippen LogP contribution in [0, 0.1) is 0 Å². The molecule has 6 heteroatoms. The van der Waals surface area contributed by atoms with Gasteiger partial charge in [-0.15, -0.1) is 0 Å². The molecular weight excluding hydrogens is 388 g/mol. The maximum Gasteiger partial charge on any atom is 0.260 e. The summed E-state index contributed by atoms with van der Waals surface area (Å²) in [7, 11) is 1.67. The van der Waals surface area contributed by atoms with E-state index in [1.807, 2.05) is 65.6 Å². The van der Waals surface area contributed by atoms with Crippen molar-refractivity contribution in [3.8, 4) is 5.75 Å². The van der Waals surface area contributed by atoms with E-state index in [0.717, 1.165) is 37.5 Å². The number of carbonyl (C=O) groups is 1. The van der Waals surface area contributed by atoms with E-state index >= 15 is 0 Å². The zero-order chi connectivity index (χ0) is 21.5. The van der Waals surface area contributed by atoms with Crippen LogP contribution in [0.25, 0.3) is 0 Å². The maximum atomic E-state index is 13.7. The minimum absolute atomic E-state index is 0.0451. The average Bonchev–Trinajstić information content (AvgIpc) is 2.85. The summed E-state index contributed by atoms with van der Waals surface area (Å²) in [6.07, 6.45) is 2.28. The number of pyridine rings is 1. The van der Waals surface area contributed by atoms with Gasteiger partial charge in [-0.1, -0.05) is 36.4 Å². The summed E-state index contributed by atoms with van der Waals surface area (Å²) in [6.45, 7) is 3.53. The molecule has 3 aromatic rings. The van der Waals surface area contributed by atoms with Crippen molar-refractivity contribution in [2.24, 2.45) is 0 Å². The molecule has 1 unspecified atom stereocenters. The van der Waals surface area contributed by atoms with E-state index < -0.39 is 0 Å². The molecule has 0 bridgehead atoms. The number of anilines is 1. The first-order chi connectivity index (χ1) is 15.3. The van der Waals surface area contributed by atoms with Crippen LogP contribution in [0.5, 0.6) is 5.75 Å². The van der Waals surface area contributed by atoms with Gasteiger partial charge in [-0.05, 0) is 42.0 Å². The van der Waals surface area contributed by atoms with Crippen molar-refractivity contribution in [2.75, 3.05) is 38.2 Å². The van der Waals surface area contributed by atoms with E-state index in [1.54, 1.807) is 13.3 Å². The van der Waals surface area contributed by atoms with Crippen LogP contribution in [0.3, 0.4) is 0 Å². The summed E-state index contributed by atoms with van der Waals surface area (Å²) >= 11 is 0. The minimum Gasteiger partial charge on any atom is -0.497 e. The van der Waals surface area contributed by atoms with Crippen LogP contribution >= 0.6 is 0 Å². The molecule has 0 radical (unpaired) electrons. The molecule has 0 spiro atoms. The number of piperazine rings is 1. The lowest BCUT2D eigenvalue weighted by Crippen LogP contribution is -2.58. The highest BCUT2D eigenvalue weighted by Crippen LogP contribution is 2.24. The number of benzene rings is 2. The summed E-state index contributed by atoms with van der Waals surface area (Å²) in [5, 5.41) is 3.41. The summed E-state index contributed by atoms with van der Waals surface area (Å²) < 4.78 is 5.31. The Hall–Kier alpha value is -3.22. The number of rotatable bonds is 7. The number of hydrogen-bond donors (Lipinski definition) is 1. The molecule has 31 heavy (non-hydrogen) atoms. The third-order valence-corrected chi connectivity index (χ3v) is 5.58. The fourth-order valence-corrected chi connectivity index (χ4v) is 3.94. The van der Waals surface area contributed by atoms with Gasteiger partial charge in [0.25, 0.3) is 5.91 Å². The van der Waals surface area contributed by atoms with Crippen LogP contribution in [-0.2, 0) is 6.42 Å². The predicted octanol–water partition coefficient (Wildman–Crippen LogP) is 3.21. The van der Waals surface area contributed by atoms with Crippen LogP contribution in [0.4, 0.5) is 5.82 Å². The number of nitrogens with zero attached hydrogens (tertiary/aromatic N) is 3. The lowest BCUT2D eigenvalue weighted by molar-refractivity contribution is 0.0907. The van der Waals surface area contributed by atoms with Gasteiger partial charge in [-0.25, -0.2) is 4.98 Å². The van der Waals surface area contributed by atoms with Crippen LogP contribution in [0.1, 0.15) is 15.9 Å². The van der Waals surface area contributed by atoms with Gasteiger partial charge in [-0.3, -0.25) is 14.6 Å². The molecule has 1 aromatic heterocycles. The second kappa shape index (κ2) is 10.2. The Labute approximate surface area is 183 Å². The van der Waals surface area contributed by atoms with Gasteiger partial charge < -0.3 is 10.1 Å². The highest BCUT2D eigenvalue weighted by Gasteiger charge is 2.32. The van der Waals surface area contributed by atoms with E-state index in [0.29, 0.717) is 17.8 Å². The normalized spacial score (nSPS) is 15.3. The monoisotopic (exact) mass is 416 g/mol. The number of methoxy groups -OCH3 is 1. The molecule has 4 rings (SSSR count). The topological polar surface area (TPSA) is 57.7 Å². The highest BCUT2D eigenvalue weighted by molar-refractivity contribution is 6.05. The van der Waals surface area contributed by atoms with Crippen molar-refractivity contribution < 1.29 is 9.53 Å². The smallest absolute Gasteiger partial charge is 0.260 e. The molecule has 0 saturated carbocycles. The summed E-state index contributed by atoms with van der Waals surface area (Å²) in [6, 6.07) is 23.2. The minimum atomic E-state index is -0.155. The Morgan fingerprint density at radius 2 is 1.74 bits per heavy atom. The highest BCUT2D eigenvalue weighted by atomic mass is 16.5. The Bertz CT molecular complexity index is 958. The van der Waals surface area contributed by atoms with E-state index in [4.69, 9.17) is 4.74 Å². The summed E-state index contributed by atoms with van der Waals surface area (Å²) in [5.41, 5.74) is 1.80. The van der Waals surface area contributed by atoms with Crippen molar-refractivity contribution in [1.82, 2.24) is 15.2 Å². The Morgan fingerprint density at radius 3 is 2.39 bits per heavy atom. The molecular formula is C25H28N4O2. The van der Waals surface area contributed by atoms with Gasteiger partial charge in [-0.2, -0.15) is 0 Å². The molecule has 2 aromatic carbocycles. The average molecular weight is 417 g/mol. The molecule has 2 heterocycles. The number of hydrogen-bond acceptors (Lipinski definition) is 5. The van der Waals surface area contributed by atoms with Gasteiger partial charge >= 0.3 is 0 Å². The van der Waals surface area contributed by atoms with Gasteiger partial charge in [0, 0.05) is 44.4 Å². The Kier molecular flexibility index (Phi) is 6.92. The largest absolute Gasteiger partial charge is 0.497 e. The number of amides is 1. The van der Waals surface area contributed by atoms with Crippen molar-refractivity contribution in [3.05, 3.63) is 90.1 Å². The summed E-state index contributed by atoms with van der Waals surface area (Å²) in [5.74, 6) is 1.44. The van der Waals surface area contributed by atoms with Crippen LogP contribution in [0.15, 0.2) is 79.0 Å². The molecule has 1 aliphatic heterocycles. The van der Waals surface area contributed by atoms with E-state index in [1.165, 1.54) is 0 Å². The number of aromatic nitrogens is 1. The van der Waals surface area contributed by atoms with E-state index in [9.17, 15) is 4.79 Å². The first-order valence-corrected chi connectivity index (χ1v) is 10.6. The molecule has 1 amide bonds. The zero-order valence-electron chi connectivity index (χ0n) is 17.8. The van der Waals surface area contributed by atoms with Crippen LogP contribution in [0.2, 0.25) is 0 Å². The standard InChI is InChI=1S/C25H28N4O2/c1-31-22-12-10-20(11-13-22)19-24(28-17-15-26-16-18-28)29(23-9-5-6-14-27-23)25(30)21-7-3-2-4-8-21/h2-14,24,26H,15-19H2,1H3. The summed E-state index contributed by atoms with van der Waals surface area (Å²) in [4.78, 5) is 22.5. The third kappa shape index (κ3) is 5.10. The quantitative estimate of drug-likeness (QED) is 0.641. The SMILES string of the molecule is COc1ccc(CC(N2CCNCC2)N(C(=O)c2ccccc2)c2ccccn2)cc1. The molecule has 6 nitrogen and oxygen atoms in total. The molecule has 1 aliphatic rings. The maximum absolute atomic E-state index is 13.7. The molecule has 1 N–H and O–H groups in total.